The molecule has 164 valence electrons. The van der Waals surface area contributed by atoms with Crippen molar-refractivity contribution in [3.63, 3.8) is 0 Å². The van der Waals surface area contributed by atoms with E-state index in [-0.39, 0.29) is 9.80 Å². The van der Waals surface area contributed by atoms with Crippen molar-refractivity contribution >= 4 is 15.9 Å². The monoisotopic (exact) mass is 449 g/mol. The Labute approximate surface area is 188 Å². The summed E-state index contributed by atoms with van der Waals surface area (Å²) in [5.41, 5.74) is 1.44. The van der Waals surface area contributed by atoms with Crippen molar-refractivity contribution in [2.75, 3.05) is 13.7 Å². The van der Waals surface area contributed by atoms with Crippen LogP contribution >= 0.6 is 0 Å². The molecule has 0 spiro atoms. The number of sulfone groups is 1. The van der Waals surface area contributed by atoms with Crippen LogP contribution in [0, 0.1) is 11.3 Å². The van der Waals surface area contributed by atoms with E-state index in [1.807, 2.05) is 31.2 Å². The summed E-state index contributed by atoms with van der Waals surface area (Å²) >= 11 is 0. The second kappa shape index (κ2) is 10.5. The number of methoxy groups -OCH3 is 1. The largest absolute Gasteiger partial charge is 0.497 e. The Bertz CT molecular complexity index is 1240. The molecule has 3 aromatic rings. The Kier molecular flexibility index (Phi) is 7.53. The summed E-state index contributed by atoms with van der Waals surface area (Å²) in [7, 11) is -2.32. The lowest BCUT2D eigenvalue weighted by Gasteiger charge is -2.13. The van der Waals surface area contributed by atoms with Crippen LogP contribution in [-0.2, 0) is 16.4 Å². The number of nitriles is 1. The van der Waals surface area contributed by atoms with Crippen LogP contribution in [0.25, 0.3) is 6.08 Å². The minimum Gasteiger partial charge on any atom is -0.497 e. The van der Waals surface area contributed by atoms with E-state index in [4.69, 9.17) is 14.2 Å². The van der Waals surface area contributed by atoms with Crippen molar-refractivity contribution in [2.24, 2.45) is 0 Å². The highest BCUT2D eigenvalue weighted by atomic mass is 32.2. The molecule has 0 saturated heterocycles. The molecule has 0 N–H and O–H groups in total. The van der Waals surface area contributed by atoms with E-state index in [9.17, 15) is 13.7 Å². The highest BCUT2D eigenvalue weighted by Gasteiger charge is 2.20. The molecule has 3 aromatic carbocycles. The fraction of sp³-hybridized carbons (Fsp3) is 0.160. The van der Waals surface area contributed by atoms with Crippen LogP contribution in [0.1, 0.15) is 18.1 Å². The first kappa shape index (κ1) is 22.9. The van der Waals surface area contributed by atoms with Gasteiger partial charge in [0.25, 0.3) is 0 Å². The maximum atomic E-state index is 12.8. The Morgan fingerprint density at radius 2 is 1.75 bits per heavy atom. The minimum absolute atomic E-state index is 0.0658. The molecule has 0 aliphatic carbocycles. The van der Waals surface area contributed by atoms with Gasteiger partial charge in [-0.2, -0.15) is 5.26 Å². The predicted octanol–water partition coefficient (Wildman–Crippen LogP) is 5.01. The maximum absolute atomic E-state index is 12.8. The minimum atomic E-state index is -3.92. The fourth-order valence-electron chi connectivity index (χ4n) is 2.97. The number of benzene rings is 3. The van der Waals surface area contributed by atoms with Gasteiger partial charge in [-0.1, -0.05) is 36.4 Å². The number of allylic oxidation sites excluding steroid dienone is 1. The van der Waals surface area contributed by atoms with Crippen molar-refractivity contribution in [1.29, 1.82) is 5.26 Å². The second-order valence-electron chi connectivity index (χ2n) is 6.72. The molecule has 3 rings (SSSR count). The summed E-state index contributed by atoms with van der Waals surface area (Å²) in [5.74, 6) is 1.70. The lowest BCUT2D eigenvalue weighted by molar-refractivity contribution is 0.269. The standard InChI is InChI=1S/C25H23NO5S/c1-3-30-25-16-19(15-23(17-26)32(27,28)22-10-5-4-6-11-22)12-13-24(25)31-18-20-8-7-9-21(14-20)29-2/h4-16H,3,18H2,1-2H3. The molecule has 0 atom stereocenters. The van der Waals surface area contributed by atoms with Gasteiger partial charge in [0, 0.05) is 0 Å². The highest BCUT2D eigenvalue weighted by Crippen LogP contribution is 2.31. The predicted molar refractivity (Wildman–Crippen MR) is 122 cm³/mol. The molecule has 6 nitrogen and oxygen atoms in total. The van der Waals surface area contributed by atoms with Gasteiger partial charge in [0.05, 0.1) is 18.6 Å². The van der Waals surface area contributed by atoms with Crippen LogP contribution in [0.15, 0.2) is 82.6 Å². The zero-order chi connectivity index (χ0) is 23.0. The molecule has 7 heteroatoms. The smallest absolute Gasteiger partial charge is 0.216 e. The summed E-state index contributed by atoms with van der Waals surface area (Å²) in [4.78, 5) is -0.285. The molecule has 0 aliphatic rings. The molecular weight excluding hydrogens is 426 g/mol. The van der Waals surface area contributed by atoms with Crippen LogP contribution in [0.4, 0.5) is 0 Å². The number of ether oxygens (including phenoxy) is 3. The van der Waals surface area contributed by atoms with Gasteiger partial charge in [-0.3, -0.25) is 0 Å². The first-order valence-corrected chi connectivity index (χ1v) is 11.4. The number of rotatable bonds is 9. The summed E-state index contributed by atoms with van der Waals surface area (Å²) < 4.78 is 42.4. The highest BCUT2D eigenvalue weighted by molar-refractivity contribution is 7.95. The Morgan fingerprint density at radius 1 is 0.969 bits per heavy atom. The summed E-state index contributed by atoms with van der Waals surface area (Å²) in [6.45, 7) is 2.54. The topological polar surface area (TPSA) is 85.6 Å². The van der Waals surface area contributed by atoms with E-state index in [0.29, 0.717) is 30.3 Å². The van der Waals surface area contributed by atoms with Gasteiger partial charge < -0.3 is 14.2 Å². The van der Waals surface area contributed by atoms with E-state index in [0.717, 1.165) is 11.3 Å². The number of nitrogens with zero attached hydrogens (tertiary/aromatic N) is 1. The number of hydrogen-bond donors (Lipinski definition) is 0. The average Bonchev–Trinajstić information content (AvgIpc) is 2.82. The molecule has 0 bridgehead atoms. The quantitative estimate of drug-likeness (QED) is 0.427. The van der Waals surface area contributed by atoms with Crippen molar-refractivity contribution in [1.82, 2.24) is 0 Å². The molecule has 0 saturated carbocycles. The van der Waals surface area contributed by atoms with Crippen LogP contribution in [-0.4, -0.2) is 22.1 Å². The molecule has 0 fully saturated rings. The molecule has 0 aromatic heterocycles. The fourth-order valence-corrected chi connectivity index (χ4v) is 4.15. The van der Waals surface area contributed by atoms with Crippen molar-refractivity contribution < 1.29 is 22.6 Å². The molecule has 32 heavy (non-hydrogen) atoms. The van der Waals surface area contributed by atoms with Gasteiger partial charge in [0.15, 0.2) is 11.5 Å². The van der Waals surface area contributed by atoms with Crippen LogP contribution < -0.4 is 14.2 Å². The van der Waals surface area contributed by atoms with E-state index in [1.165, 1.54) is 18.2 Å². The van der Waals surface area contributed by atoms with Gasteiger partial charge in [0.2, 0.25) is 9.84 Å². The van der Waals surface area contributed by atoms with Crippen molar-refractivity contribution in [3.8, 4) is 23.3 Å². The third kappa shape index (κ3) is 5.48. The van der Waals surface area contributed by atoms with E-state index >= 15 is 0 Å². The van der Waals surface area contributed by atoms with Crippen molar-refractivity contribution in [3.05, 3.63) is 88.8 Å². The third-order valence-corrected chi connectivity index (χ3v) is 6.23. The normalized spacial score (nSPS) is 11.5. The van der Waals surface area contributed by atoms with Gasteiger partial charge >= 0.3 is 0 Å². The molecule has 0 amide bonds. The second-order valence-corrected chi connectivity index (χ2v) is 8.63. The third-order valence-electron chi connectivity index (χ3n) is 4.55. The van der Waals surface area contributed by atoms with Crippen LogP contribution in [0.3, 0.4) is 0 Å². The van der Waals surface area contributed by atoms with Gasteiger partial charge in [-0.15, -0.1) is 0 Å². The van der Waals surface area contributed by atoms with Gasteiger partial charge in [0.1, 0.15) is 23.3 Å². The maximum Gasteiger partial charge on any atom is 0.216 e. The lowest BCUT2D eigenvalue weighted by Crippen LogP contribution is -2.03. The molecular formula is C25H23NO5S. The van der Waals surface area contributed by atoms with Gasteiger partial charge in [-0.25, -0.2) is 8.42 Å². The van der Waals surface area contributed by atoms with Crippen molar-refractivity contribution in [2.45, 2.75) is 18.4 Å². The number of hydrogen-bond acceptors (Lipinski definition) is 6. The van der Waals surface area contributed by atoms with E-state index < -0.39 is 9.84 Å². The zero-order valence-corrected chi connectivity index (χ0v) is 18.6. The van der Waals surface area contributed by atoms with Crippen LogP contribution in [0.2, 0.25) is 0 Å². The molecule has 0 aliphatic heterocycles. The first-order valence-electron chi connectivity index (χ1n) is 9.92. The summed E-state index contributed by atoms with van der Waals surface area (Å²) in [6, 6.07) is 22.2. The Balaban J connectivity index is 1.88. The van der Waals surface area contributed by atoms with E-state index in [1.54, 1.807) is 49.6 Å². The zero-order valence-electron chi connectivity index (χ0n) is 17.8. The summed E-state index contributed by atoms with van der Waals surface area (Å²) in [5, 5.41) is 9.50. The molecule has 0 radical (unpaired) electrons. The summed E-state index contributed by atoms with van der Waals surface area (Å²) in [6.07, 6.45) is 1.33. The van der Waals surface area contributed by atoms with Gasteiger partial charge in [-0.05, 0) is 60.5 Å². The average molecular weight is 450 g/mol. The molecule has 0 heterocycles. The van der Waals surface area contributed by atoms with E-state index in [2.05, 4.69) is 0 Å². The van der Waals surface area contributed by atoms with Crippen LogP contribution in [0.5, 0.6) is 17.2 Å². The SMILES string of the molecule is CCOc1cc(C=C(C#N)S(=O)(=O)c2ccccc2)ccc1OCc1cccc(OC)c1. The lowest BCUT2D eigenvalue weighted by atomic mass is 10.2. The molecule has 0 unspecified atom stereocenters. The first-order chi connectivity index (χ1) is 15.5. The Morgan fingerprint density at radius 3 is 2.44 bits per heavy atom. The Hall–Kier alpha value is -3.76.